The highest BCUT2D eigenvalue weighted by Gasteiger charge is 2.25. The molecule has 22 heavy (non-hydrogen) atoms. The van der Waals surface area contributed by atoms with Crippen LogP contribution in [0.5, 0.6) is 0 Å². The van der Waals surface area contributed by atoms with Crippen molar-refractivity contribution in [3.63, 3.8) is 0 Å². The van der Waals surface area contributed by atoms with Gasteiger partial charge in [-0.3, -0.25) is 4.79 Å². The molecule has 1 aliphatic rings. The van der Waals surface area contributed by atoms with E-state index >= 15 is 0 Å². The largest absolute Gasteiger partial charge is 0.352 e. The monoisotopic (exact) mass is 287 g/mol. The minimum absolute atomic E-state index is 0.137. The molecule has 0 fully saturated rings. The number of carbonyl (C=O) groups is 1. The highest BCUT2D eigenvalue weighted by atomic mass is 16.1. The van der Waals surface area contributed by atoms with E-state index < -0.39 is 0 Å². The summed E-state index contributed by atoms with van der Waals surface area (Å²) < 4.78 is 0. The van der Waals surface area contributed by atoms with Crippen LogP contribution in [0, 0.1) is 6.92 Å². The highest BCUT2D eigenvalue weighted by Crippen LogP contribution is 2.32. The number of ketones is 1. The number of hydrogen-bond donors (Lipinski definition) is 1. The van der Waals surface area contributed by atoms with Crippen molar-refractivity contribution in [3.05, 3.63) is 76.5 Å². The minimum atomic E-state index is 0.137. The summed E-state index contributed by atoms with van der Waals surface area (Å²) in [7, 11) is 0. The number of Topliss-reactive ketones (excluding diaryl/α,β-unsaturated/α-hetero) is 1. The van der Waals surface area contributed by atoms with E-state index in [2.05, 4.69) is 42.2 Å². The van der Waals surface area contributed by atoms with Crippen LogP contribution in [-0.4, -0.2) is 10.8 Å². The fourth-order valence-corrected chi connectivity index (χ4v) is 3.19. The van der Waals surface area contributed by atoms with Crippen molar-refractivity contribution in [1.82, 2.24) is 4.98 Å². The summed E-state index contributed by atoms with van der Waals surface area (Å²) in [6, 6.07) is 16.4. The molecule has 1 aliphatic carbocycles. The molecule has 0 saturated carbocycles. The van der Waals surface area contributed by atoms with Crippen molar-refractivity contribution >= 4 is 22.8 Å². The van der Waals surface area contributed by atoms with Crippen LogP contribution in [-0.2, 0) is 6.42 Å². The average Bonchev–Trinajstić information content (AvgIpc) is 2.92. The van der Waals surface area contributed by atoms with Gasteiger partial charge in [0.15, 0.2) is 0 Å². The maximum Gasteiger partial charge on any atom is 0.205 e. The Balaban J connectivity index is 1.77. The molecule has 3 aromatic rings. The molecule has 0 spiro atoms. The lowest BCUT2D eigenvalue weighted by atomic mass is 9.89. The number of rotatable bonds is 1. The predicted molar refractivity (Wildman–Crippen MR) is 90.1 cm³/mol. The summed E-state index contributed by atoms with van der Waals surface area (Å²) >= 11 is 0. The summed E-state index contributed by atoms with van der Waals surface area (Å²) in [5.74, 6) is 0.137. The van der Waals surface area contributed by atoms with Gasteiger partial charge in [-0.1, -0.05) is 48.0 Å². The van der Waals surface area contributed by atoms with Crippen molar-refractivity contribution in [2.75, 3.05) is 0 Å². The van der Waals surface area contributed by atoms with Crippen LogP contribution >= 0.6 is 0 Å². The summed E-state index contributed by atoms with van der Waals surface area (Å²) in [5, 5.41) is 1.18. The first-order chi connectivity index (χ1) is 10.7. The van der Waals surface area contributed by atoms with E-state index in [0.717, 1.165) is 35.2 Å². The van der Waals surface area contributed by atoms with Gasteiger partial charge in [-0.2, -0.15) is 0 Å². The molecule has 1 aromatic heterocycles. The number of fused-ring (bicyclic) bond motifs is 3. The van der Waals surface area contributed by atoms with Gasteiger partial charge in [0.25, 0.3) is 0 Å². The van der Waals surface area contributed by atoms with Gasteiger partial charge in [0.1, 0.15) is 0 Å². The molecule has 2 aromatic carbocycles. The molecule has 108 valence electrons. The Morgan fingerprint density at radius 2 is 1.77 bits per heavy atom. The van der Waals surface area contributed by atoms with E-state index in [1.54, 1.807) is 0 Å². The Labute approximate surface area is 129 Å². The van der Waals surface area contributed by atoms with Crippen molar-refractivity contribution in [3.8, 4) is 0 Å². The van der Waals surface area contributed by atoms with Gasteiger partial charge in [0.2, 0.25) is 5.78 Å². The maximum atomic E-state index is 12.8. The fraction of sp³-hybridized carbons (Fsp3) is 0.150. The molecule has 1 N–H and O–H groups in total. The number of benzene rings is 2. The predicted octanol–water partition coefficient (Wildman–Crippen LogP) is 4.69. The maximum absolute atomic E-state index is 12.8. The average molecular weight is 287 g/mol. The van der Waals surface area contributed by atoms with E-state index in [0.29, 0.717) is 0 Å². The number of para-hydroxylation sites is 1. The standard InChI is InChI=1S/C20H17NO/c1-13-6-8-14(9-7-13)12-15-10-11-17-16-4-2-3-5-18(16)21-19(17)20(15)22/h2-9,12,21H,10-11H2,1H3/b15-12+. The molecule has 0 saturated heterocycles. The fourth-order valence-electron chi connectivity index (χ4n) is 3.19. The second-order valence-electron chi connectivity index (χ2n) is 5.93. The Kier molecular flexibility index (Phi) is 2.97. The van der Waals surface area contributed by atoms with E-state index in [4.69, 9.17) is 0 Å². The zero-order valence-electron chi connectivity index (χ0n) is 12.5. The van der Waals surface area contributed by atoms with Gasteiger partial charge in [-0.25, -0.2) is 0 Å². The zero-order valence-corrected chi connectivity index (χ0v) is 12.5. The Bertz CT molecular complexity index is 897. The molecule has 2 heteroatoms. The summed E-state index contributed by atoms with van der Waals surface area (Å²) in [6.07, 6.45) is 3.75. The van der Waals surface area contributed by atoms with E-state index in [9.17, 15) is 4.79 Å². The number of aromatic amines is 1. The lowest BCUT2D eigenvalue weighted by Crippen LogP contribution is -2.13. The SMILES string of the molecule is Cc1ccc(/C=C2\CCc3c([nH]c4ccccc34)C2=O)cc1. The van der Waals surface area contributed by atoms with Crippen LogP contribution in [0.3, 0.4) is 0 Å². The van der Waals surface area contributed by atoms with Gasteiger partial charge >= 0.3 is 0 Å². The first-order valence-corrected chi connectivity index (χ1v) is 7.64. The molecule has 4 rings (SSSR count). The number of hydrogen-bond acceptors (Lipinski definition) is 1. The van der Waals surface area contributed by atoms with Gasteiger partial charge < -0.3 is 4.98 Å². The van der Waals surface area contributed by atoms with Gasteiger partial charge in [-0.05, 0) is 43.0 Å². The van der Waals surface area contributed by atoms with Crippen LogP contribution < -0.4 is 0 Å². The van der Waals surface area contributed by atoms with E-state index in [1.807, 2.05) is 24.3 Å². The number of nitrogens with one attached hydrogen (secondary N) is 1. The molecular weight excluding hydrogens is 270 g/mol. The lowest BCUT2D eigenvalue weighted by molar-refractivity contribution is 0.102. The van der Waals surface area contributed by atoms with E-state index in [1.165, 1.54) is 16.5 Å². The van der Waals surface area contributed by atoms with Crippen LogP contribution in [0.15, 0.2) is 54.1 Å². The lowest BCUT2D eigenvalue weighted by Gasteiger charge is -2.14. The number of aryl methyl sites for hydroxylation is 2. The second kappa shape index (κ2) is 4.99. The quantitative estimate of drug-likeness (QED) is 0.647. The number of allylic oxidation sites excluding steroid dienone is 1. The molecule has 0 amide bonds. The van der Waals surface area contributed by atoms with Crippen molar-refractivity contribution in [2.45, 2.75) is 19.8 Å². The molecule has 0 unspecified atom stereocenters. The highest BCUT2D eigenvalue weighted by molar-refractivity contribution is 6.15. The van der Waals surface area contributed by atoms with Crippen LogP contribution in [0.2, 0.25) is 0 Å². The third-order valence-corrected chi connectivity index (χ3v) is 4.39. The smallest absolute Gasteiger partial charge is 0.205 e. The summed E-state index contributed by atoms with van der Waals surface area (Å²) in [6.45, 7) is 2.07. The molecule has 0 radical (unpaired) electrons. The first-order valence-electron chi connectivity index (χ1n) is 7.64. The molecule has 0 aliphatic heterocycles. The Hall–Kier alpha value is -2.61. The zero-order chi connectivity index (χ0) is 15.1. The summed E-state index contributed by atoms with van der Waals surface area (Å²) in [5.41, 5.74) is 6.20. The van der Waals surface area contributed by atoms with Crippen LogP contribution in [0.1, 0.15) is 33.6 Å². The van der Waals surface area contributed by atoms with Crippen LogP contribution in [0.4, 0.5) is 0 Å². The summed E-state index contributed by atoms with van der Waals surface area (Å²) in [4.78, 5) is 16.1. The van der Waals surface area contributed by atoms with E-state index in [-0.39, 0.29) is 5.78 Å². The Morgan fingerprint density at radius 1 is 1.00 bits per heavy atom. The first kappa shape index (κ1) is 13.1. The van der Waals surface area contributed by atoms with Crippen molar-refractivity contribution < 1.29 is 4.79 Å². The third-order valence-electron chi connectivity index (χ3n) is 4.39. The van der Waals surface area contributed by atoms with Crippen LogP contribution in [0.25, 0.3) is 17.0 Å². The third kappa shape index (κ3) is 2.08. The van der Waals surface area contributed by atoms with Gasteiger partial charge in [0, 0.05) is 16.5 Å². The Morgan fingerprint density at radius 3 is 2.59 bits per heavy atom. The van der Waals surface area contributed by atoms with Gasteiger partial charge in [0.05, 0.1) is 5.69 Å². The van der Waals surface area contributed by atoms with Gasteiger partial charge in [-0.15, -0.1) is 0 Å². The number of aromatic nitrogens is 1. The number of H-pyrrole nitrogens is 1. The van der Waals surface area contributed by atoms with Crippen molar-refractivity contribution in [1.29, 1.82) is 0 Å². The number of carbonyl (C=O) groups excluding carboxylic acids is 1. The molecule has 1 heterocycles. The topological polar surface area (TPSA) is 32.9 Å². The molecule has 0 atom stereocenters. The van der Waals surface area contributed by atoms with Crippen molar-refractivity contribution in [2.24, 2.45) is 0 Å². The molecule has 0 bridgehead atoms. The molecule has 2 nitrogen and oxygen atoms in total. The normalized spacial score (nSPS) is 16.2. The minimum Gasteiger partial charge on any atom is -0.352 e. The molecular formula is C20H17NO. The second-order valence-corrected chi connectivity index (χ2v) is 5.93.